The summed E-state index contributed by atoms with van der Waals surface area (Å²) in [4.78, 5) is 16.4. The number of aromatic hydroxyl groups is 1. The summed E-state index contributed by atoms with van der Waals surface area (Å²) >= 11 is 0. The Balaban J connectivity index is 1.32. The summed E-state index contributed by atoms with van der Waals surface area (Å²) in [5.41, 5.74) is 4.48. The molecule has 3 aromatic heterocycles. The summed E-state index contributed by atoms with van der Waals surface area (Å²) in [6, 6.07) is 7.06. The van der Waals surface area contributed by atoms with Crippen molar-refractivity contribution >= 4 is 27.9 Å². The van der Waals surface area contributed by atoms with Gasteiger partial charge in [-0.25, -0.2) is 15.0 Å². The molecular weight excluding hydrogens is 390 g/mol. The number of phenols is 1. The molecule has 4 aromatic rings. The van der Waals surface area contributed by atoms with Gasteiger partial charge in [-0.15, -0.1) is 0 Å². The van der Waals surface area contributed by atoms with Gasteiger partial charge in [0.1, 0.15) is 11.3 Å². The number of hydrogen-bond acceptors (Lipinski definition) is 7. The van der Waals surface area contributed by atoms with E-state index in [0.29, 0.717) is 17.3 Å². The number of aromatic nitrogens is 5. The van der Waals surface area contributed by atoms with Crippen molar-refractivity contribution in [2.75, 3.05) is 18.0 Å². The van der Waals surface area contributed by atoms with Gasteiger partial charge in [-0.05, 0) is 44.4 Å². The Morgan fingerprint density at radius 2 is 1.97 bits per heavy atom. The molecule has 6 rings (SSSR count). The maximum absolute atomic E-state index is 10.8. The predicted molar refractivity (Wildman–Crippen MR) is 120 cm³/mol. The Bertz CT molecular complexity index is 1310. The van der Waals surface area contributed by atoms with Gasteiger partial charge >= 0.3 is 0 Å². The van der Waals surface area contributed by atoms with Crippen molar-refractivity contribution in [1.82, 2.24) is 30.0 Å². The predicted octanol–water partition coefficient (Wildman–Crippen LogP) is 2.92. The number of anilines is 1. The Morgan fingerprint density at radius 3 is 2.81 bits per heavy atom. The second kappa shape index (κ2) is 6.88. The maximum atomic E-state index is 10.8. The van der Waals surface area contributed by atoms with Crippen molar-refractivity contribution in [3.8, 4) is 17.0 Å². The summed E-state index contributed by atoms with van der Waals surface area (Å²) in [7, 11) is 1.88. The zero-order valence-electron chi connectivity index (χ0n) is 17.7. The van der Waals surface area contributed by atoms with Gasteiger partial charge in [-0.1, -0.05) is 0 Å². The third kappa shape index (κ3) is 3.27. The first-order chi connectivity index (χ1) is 15.0. The lowest BCUT2D eigenvalue weighted by molar-refractivity contribution is 0.474. The average molecular weight is 416 g/mol. The highest BCUT2D eigenvalue weighted by atomic mass is 16.3. The van der Waals surface area contributed by atoms with Gasteiger partial charge in [0.05, 0.1) is 22.9 Å². The minimum absolute atomic E-state index is 0.210. The number of nitrogens with one attached hydrogen (secondary N) is 1. The van der Waals surface area contributed by atoms with Gasteiger partial charge in [-0.2, -0.15) is 5.10 Å². The number of fused-ring (bicyclic) bond motifs is 2. The number of pyridine rings is 1. The zero-order valence-corrected chi connectivity index (χ0v) is 17.7. The maximum Gasteiger partial charge on any atom is 0.226 e. The van der Waals surface area contributed by atoms with Crippen molar-refractivity contribution < 1.29 is 5.11 Å². The molecule has 2 N–H and O–H groups in total. The van der Waals surface area contributed by atoms with Crippen LogP contribution in [-0.4, -0.2) is 55.0 Å². The fraction of sp³-hybridized carbons (Fsp3) is 0.391. The second-order valence-corrected chi connectivity index (χ2v) is 8.78. The third-order valence-corrected chi connectivity index (χ3v) is 6.34. The van der Waals surface area contributed by atoms with Crippen molar-refractivity contribution in [3.05, 3.63) is 36.2 Å². The normalized spacial score (nSPS) is 19.0. The molecule has 0 spiro atoms. The highest BCUT2D eigenvalue weighted by Crippen LogP contribution is 2.36. The molecular formula is C23H25N7O. The van der Waals surface area contributed by atoms with Crippen molar-refractivity contribution in [3.63, 3.8) is 0 Å². The van der Waals surface area contributed by atoms with E-state index in [4.69, 9.17) is 9.97 Å². The number of phenolic OH excluding ortho intramolecular Hbond substituents is 1. The second-order valence-electron chi connectivity index (χ2n) is 8.78. The van der Waals surface area contributed by atoms with Crippen LogP contribution < -0.4 is 10.2 Å². The van der Waals surface area contributed by atoms with Crippen LogP contribution in [0.3, 0.4) is 0 Å². The first-order valence-electron chi connectivity index (χ1n) is 10.9. The minimum Gasteiger partial charge on any atom is -0.507 e. The molecule has 0 amide bonds. The summed E-state index contributed by atoms with van der Waals surface area (Å²) in [6.45, 7) is 3.80. The van der Waals surface area contributed by atoms with E-state index in [1.54, 1.807) is 10.9 Å². The summed E-state index contributed by atoms with van der Waals surface area (Å²) < 4.78 is 1.76. The van der Waals surface area contributed by atoms with Gasteiger partial charge in [-0.3, -0.25) is 4.68 Å². The smallest absolute Gasteiger partial charge is 0.226 e. The molecule has 0 bridgehead atoms. The molecule has 31 heavy (non-hydrogen) atoms. The van der Waals surface area contributed by atoms with Crippen LogP contribution in [-0.2, 0) is 7.05 Å². The molecule has 4 heterocycles. The Kier molecular flexibility index (Phi) is 4.11. The van der Waals surface area contributed by atoms with Crippen molar-refractivity contribution in [1.29, 1.82) is 0 Å². The Hall–Kier alpha value is -3.26. The standard InChI is InChI=1S/C23H25N7O/c1-13-21-14(11-29(2)28-21)9-17(22(13)31)18-5-6-19-20(26-18)10-24-23(27-19)30-8-7-16(12-30)25-15-3-4-15/h5-6,9-11,15-16,25,31H,3-4,7-8,12H2,1-2H3/t16-/m0/s1. The number of aryl methyl sites for hydroxylation is 2. The zero-order chi connectivity index (χ0) is 21.1. The molecule has 8 nitrogen and oxygen atoms in total. The molecule has 8 heteroatoms. The number of hydrogen-bond donors (Lipinski definition) is 2. The first kappa shape index (κ1) is 18.5. The van der Waals surface area contributed by atoms with E-state index in [-0.39, 0.29) is 5.75 Å². The highest BCUT2D eigenvalue weighted by molar-refractivity contribution is 5.91. The van der Waals surface area contributed by atoms with Crippen LogP contribution in [0.25, 0.3) is 33.2 Å². The van der Waals surface area contributed by atoms with Crippen LogP contribution in [0.2, 0.25) is 0 Å². The van der Waals surface area contributed by atoms with Gasteiger partial charge in [0, 0.05) is 54.9 Å². The summed E-state index contributed by atoms with van der Waals surface area (Å²) in [5, 5.41) is 19.9. The van der Waals surface area contributed by atoms with Crippen LogP contribution in [0.1, 0.15) is 24.8 Å². The summed E-state index contributed by atoms with van der Waals surface area (Å²) in [6.07, 6.45) is 7.47. The van der Waals surface area contributed by atoms with E-state index in [1.807, 2.05) is 38.4 Å². The monoisotopic (exact) mass is 415 g/mol. The van der Waals surface area contributed by atoms with Gasteiger partial charge in [0.25, 0.3) is 0 Å². The van der Waals surface area contributed by atoms with E-state index >= 15 is 0 Å². The molecule has 1 aromatic carbocycles. The van der Waals surface area contributed by atoms with E-state index in [9.17, 15) is 5.11 Å². The number of nitrogens with zero attached hydrogens (tertiary/aromatic N) is 6. The molecule has 1 saturated heterocycles. The highest BCUT2D eigenvalue weighted by Gasteiger charge is 2.30. The topological polar surface area (TPSA) is 92.0 Å². The number of rotatable bonds is 4. The molecule has 2 aliphatic rings. The van der Waals surface area contributed by atoms with E-state index in [0.717, 1.165) is 59.0 Å². The lowest BCUT2D eigenvalue weighted by atomic mass is 10.0. The fourth-order valence-electron chi connectivity index (χ4n) is 4.51. The largest absolute Gasteiger partial charge is 0.507 e. The quantitative estimate of drug-likeness (QED) is 0.529. The van der Waals surface area contributed by atoms with E-state index < -0.39 is 0 Å². The van der Waals surface area contributed by atoms with Crippen LogP contribution in [0.15, 0.2) is 30.6 Å². The molecule has 0 unspecified atom stereocenters. The first-order valence-corrected chi connectivity index (χ1v) is 10.9. The van der Waals surface area contributed by atoms with Crippen molar-refractivity contribution in [2.45, 2.75) is 38.3 Å². The van der Waals surface area contributed by atoms with Crippen LogP contribution >= 0.6 is 0 Å². The molecule has 1 saturated carbocycles. The van der Waals surface area contributed by atoms with E-state index in [1.165, 1.54) is 12.8 Å². The van der Waals surface area contributed by atoms with Gasteiger partial charge in [0.2, 0.25) is 5.95 Å². The van der Waals surface area contributed by atoms with Crippen LogP contribution in [0.5, 0.6) is 5.75 Å². The number of benzene rings is 1. The van der Waals surface area contributed by atoms with E-state index in [2.05, 4.69) is 20.3 Å². The molecule has 158 valence electrons. The Morgan fingerprint density at radius 1 is 1.10 bits per heavy atom. The molecule has 1 aliphatic heterocycles. The fourth-order valence-corrected chi connectivity index (χ4v) is 4.51. The Labute approximate surface area is 179 Å². The van der Waals surface area contributed by atoms with Crippen LogP contribution in [0, 0.1) is 6.92 Å². The lowest BCUT2D eigenvalue weighted by Crippen LogP contribution is -2.34. The minimum atomic E-state index is 0.210. The SMILES string of the molecule is Cc1c(O)c(-c2ccc3nc(N4CC[C@H](NC5CC5)C4)ncc3n2)cc2cn(C)nc12. The average Bonchev–Trinajstić information content (AvgIpc) is 3.32. The molecule has 1 atom stereocenters. The lowest BCUT2D eigenvalue weighted by Gasteiger charge is -2.17. The van der Waals surface area contributed by atoms with Crippen LogP contribution in [0.4, 0.5) is 5.95 Å². The molecule has 1 aliphatic carbocycles. The summed E-state index contributed by atoms with van der Waals surface area (Å²) in [5.74, 6) is 0.972. The molecule has 2 fully saturated rings. The third-order valence-electron chi connectivity index (χ3n) is 6.34. The van der Waals surface area contributed by atoms with Gasteiger partial charge in [0.15, 0.2) is 0 Å². The van der Waals surface area contributed by atoms with Gasteiger partial charge < -0.3 is 15.3 Å². The molecule has 0 radical (unpaired) electrons. The van der Waals surface area contributed by atoms with Crippen molar-refractivity contribution in [2.24, 2.45) is 7.05 Å².